The van der Waals surface area contributed by atoms with Gasteiger partial charge in [-0.15, -0.1) is 0 Å². The number of amides is 1. The molecule has 0 aliphatic carbocycles. The van der Waals surface area contributed by atoms with E-state index in [4.69, 9.17) is 4.52 Å². The lowest BCUT2D eigenvalue weighted by Crippen LogP contribution is -2.19. The molecule has 1 atom stereocenters. The maximum absolute atomic E-state index is 12.6. The summed E-state index contributed by atoms with van der Waals surface area (Å²) in [5.41, 5.74) is 3.16. The third-order valence-corrected chi connectivity index (χ3v) is 4.55. The predicted molar refractivity (Wildman–Crippen MR) is 95.7 cm³/mol. The highest BCUT2D eigenvalue weighted by Gasteiger charge is 2.23. The Bertz CT molecular complexity index is 719. The number of nitrogens with zero attached hydrogens (tertiary/aromatic N) is 2. The summed E-state index contributed by atoms with van der Waals surface area (Å²) >= 11 is 0. The van der Waals surface area contributed by atoms with E-state index in [2.05, 4.69) is 34.4 Å². The number of aromatic nitrogens is 1. The average molecular weight is 327 g/mol. The van der Waals surface area contributed by atoms with Gasteiger partial charge in [-0.3, -0.25) is 4.79 Å². The van der Waals surface area contributed by atoms with Crippen LogP contribution in [0.4, 0.5) is 11.4 Å². The molecule has 24 heavy (non-hydrogen) atoms. The first-order valence-corrected chi connectivity index (χ1v) is 8.58. The van der Waals surface area contributed by atoms with Crippen LogP contribution in [0.3, 0.4) is 0 Å². The van der Waals surface area contributed by atoms with Crippen LogP contribution in [-0.4, -0.2) is 24.2 Å². The SMILES string of the molecule is Cc1noc(C(C)C)c1C(=O)Nc1ccc(N2CC[C@H](C)C2)cc1. The van der Waals surface area contributed by atoms with E-state index in [0.717, 1.165) is 24.7 Å². The van der Waals surface area contributed by atoms with E-state index in [0.29, 0.717) is 17.0 Å². The van der Waals surface area contributed by atoms with Crippen molar-refractivity contribution < 1.29 is 9.32 Å². The predicted octanol–water partition coefficient (Wildman–Crippen LogP) is 4.20. The van der Waals surface area contributed by atoms with Crippen molar-refractivity contribution in [1.29, 1.82) is 0 Å². The van der Waals surface area contributed by atoms with Gasteiger partial charge in [0.15, 0.2) is 5.76 Å². The average Bonchev–Trinajstić information content (AvgIpc) is 3.14. The standard InChI is InChI=1S/C19H25N3O2/c1-12(2)18-17(14(4)21-24-18)19(23)20-15-5-7-16(8-6-15)22-10-9-13(3)11-22/h5-8,12-13H,9-11H2,1-4H3,(H,20,23)/t13-/m0/s1. The van der Waals surface area contributed by atoms with Crippen molar-refractivity contribution in [2.75, 3.05) is 23.3 Å². The van der Waals surface area contributed by atoms with Crippen molar-refractivity contribution in [2.24, 2.45) is 5.92 Å². The summed E-state index contributed by atoms with van der Waals surface area (Å²) in [4.78, 5) is 15.0. The molecular formula is C19H25N3O2. The molecular weight excluding hydrogens is 302 g/mol. The van der Waals surface area contributed by atoms with E-state index in [1.54, 1.807) is 6.92 Å². The lowest BCUT2D eigenvalue weighted by molar-refractivity contribution is 0.102. The van der Waals surface area contributed by atoms with E-state index in [9.17, 15) is 4.79 Å². The van der Waals surface area contributed by atoms with Crippen LogP contribution < -0.4 is 10.2 Å². The Balaban J connectivity index is 1.72. The molecule has 0 saturated carbocycles. The molecule has 3 rings (SSSR count). The maximum Gasteiger partial charge on any atom is 0.261 e. The fourth-order valence-corrected chi connectivity index (χ4v) is 3.18. The van der Waals surface area contributed by atoms with E-state index < -0.39 is 0 Å². The topological polar surface area (TPSA) is 58.4 Å². The summed E-state index contributed by atoms with van der Waals surface area (Å²) in [7, 11) is 0. The van der Waals surface area contributed by atoms with Crippen molar-refractivity contribution in [3.8, 4) is 0 Å². The van der Waals surface area contributed by atoms with Crippen LogP contribution in [0.1, 0.15) is 54.9 Å². The molecule has 1 aliphatic rings. The second-order valence-electron chi connectivity index (χ2n) is 7.00. The highest BCUT2D eigenvalue weighted by molar-refractivity contribution is 6.05. The second kappa shape index (κ2) is 6.67. The number of hydrogen-bond acceptors (Lipinski definition) is 4. The van der Waals surface area contributed by atoms with Gasteiger partial charge in [0.05, 0.1) is 5.69 Å². The van der Waals surface area contributed by atoms with E-state index >= 15 is 0 Å². The fraction of sp³-hybridized carbons (Fsp3) is 0.474. The van der Waals surface area contributed by atoms with Crippen molar-refractivity contribution in [2.45, 2.75) is 40.0 Å². The highest BCUT2D eigenvalue weighted by Crippen LogP contribution is 2.26. The van der Waals surface area contributed by atoms with E-state index in [1.165, 1.54) is 12.1 Å². The minimum Gasteiger partial charge on any atom is -0.371 e. The molecule has 0 spiro atoms. The Morgan fingerprint density at radius 2 is 2.04 bits per heavy atom. The summed E-state index contributed by atoms with van der Waals surface area (Å²) < 4.78 is 5.29. The molecule has 1 fully saturated rings. The zero-order valence-electron chi connectivity index (χ0n) is 14.8. The summed E-state index contributed by atoms with van der Waals surface area (Å²) in [6, 6.07) is 8.04. The van der Waals surface area contributed by atoms with Crippen LogP contribution in [-0.2, 0) is 0 Å². The third kappa shape index (κ3) is 3.30. The summed E-state index contributed by atoms with van der Waals surface area (Å²) in [6.07, 6.45) is 1.24. The second-order valence-corrected chi connectivity index (χ2v) is 7.00. The molecule has 5 heteroatoms. The zero-order chi connectivity index (χ0) is 17.3. The monoisotopic (exact) mass is 327 g/mol. The van der Waals surface area contributed by atoms with Crippen LogP contribution in [0.2, 0.25) is 0 Å². The van der Waals surface area contributed by atoms with Crippen LogP contribution >= 0.6 is 0 Å². The first-order valence-electron chi connectivity index (χ1n) is 8.58. The Morgan fingerprint density at radius 1 is 1.33 bits per heavy atom. The molecule has 128 valence electrons. The van der Waals surface area contributed by atoms with Crippen LogP contribution in [0.15, 0.2) is 28.8 Å². The van der Waals surface area contributed by atoms with Crippen LogP contribution in [0.25, 0.3) is 0 Å². The Labute approximate surface area is 143 Å². The molecule has 0 radical (unpaired) electrons. The number of aryl methyl sites for hydroxylation is 1. The minimum absolute atomic E-state index is 0.117. The normalized spacial score (nSPS) is 17.5. The fourth-order valence-electron chi connectivity index (χ4n) is 3.18. The van der Waals surface area contributed by atoms with Gasteiger partial charge in [0.25, 0.3) is 5.91 Å². The zero-order valence-corrected chi connectivity index (χ0v) is 14.8. The maximum atomic E-state index is 12.6. The van der Waals surface area contributed by atoms with Gasteiger partial charge in [0.2, 0.25) is 0 Å². The minimum atomic E-state index is -0.167. The number of benzene rings is 1. The first-order chi connectivity index (χ1) is 11.5. The van der Waals surface area contributed by atoms with Gasteiger partial charge in [-0.1, -0.05) is 25.9 Å². The summed E-state index contributed by atoms with van der Waals surface area (Å²) in [5, 5.41) is 6.88. The lowest BCUT2D eigenvalue weighted by Gasteiger charge is -2.18. The Morgan fingerprint density at radius 3 is 2.62 bits per heavy atom. The quantitative estimate of drug-likeness (QED) is 0.914. The number of carbonyl (C=O) groups excluding carboxylic acids is 1. The van der Waals surface area contributed by atoms with E-state index in [-0.39, 0.29) is 11.8 Å². The molecule has 1 aromatic heterocycles. The molecule has 2 heterocycles. The van der Waals surface area contributed by atoms with Gasteiger partial charge in [-0.05, 0) is 43.5 Å². The summed E-state index contributed by atoms with van der Waals surface area (Å²) in [6.45, 7) is 10.3. The molecule has 1 N–H and O–H groups in total. The number of rotatable bonds is 4. The molecule has 1 aliphatic heterocycles. The van der Waals surface area contributed by atoms with Crippen molar-refractivity contribution >= 4 is 17.3 Å². The third-order valence-electron chi connectivity index (χ3n) is 4.55. The number of hydrogen-bond donors (Lipinski definition) is 1. The molecule has 1 amide bonds. The Hall–Kier alpha value is -2.30. The van der Waals surface area contributed by atoms with Crippen LogP contribution in [0, 0.1) is 12.8 Å². The highest BCUT2D eigenvalue weighted by atomic mass is 16.5. The number of carbonyl (C=O) groups is 1. The molecule has 1 saturated heterocycles. The number of nitrogens with one attached hydrogen (secondary N) is 1. The molecule has 5 nitrogen and oxygen atoms in total. The largest absolute Gasteiger partial charge is 0.371 e. The van der Waals surface area contributed by atoms with Crippen molar-refractivity contribution in [3.05, 3.63) is 41.3 Å². The summed E-state index contributed by atoms with van der Waals surface area (Å²) in [5.74, 6) is 1.33. The lowest BCUT2D eigenvalue weighted by atomic mass is 10.0. The van der Waals surface area contributed by atoms with Gasteiger partial charge >= 0.3 is 0 Å². The van der Waals surface area contributed by atoms with Crippen molar-refractivity contribution in [1.82, 2.24) is 5.16 Å². The van der Waals surface area contributed by atoms with Crippen molar-refractivity contribution in [3.63, 3.8) is 0 Å². The van der Waals surface area contributed by atoms with Gasteiger partial charge in [0, 0.05) is 30.4 Å². The van der Waals surface area contributed by atoms with Gasteiger partial charge in [-0.25, -0.2) is 0 Å². The molecule has 2 aromatic rings. The number of anilines is 2. The van der Waals surface area contributed by atoms with E-state index in [1.807, 2.05) is 26.0 Å². The molecule has 0 bridgehead atoms. The molecule has 1 aromatic carbocycles. The van der Waals surface area contributed by atoms with Crippen LogP contribution in [0.5, 0.6) is 0 Å². The first kappa shape index (κ1) is 16.6. The Kier molecular flexibility index (Phi) is 4.60. The van der Waals surface area contributed by atoms with Gasteiger partial charge < -0.3 is 14.7 Å². The van der Waals surface area contributed by atoms with Gasteiger partial charge in [0.1, 0.15) is 5.56 Å². The smallest absolute Gasteiger partial charge is 0.261 e. The van der Waals surface area contributed by atoms with Gasteiger partial charge in [-0.2, -0.15) is 0 Å². The molecule has 0 unspecified atom stereocenters.